The molecule has 1 atom stereocenters. The van der Waals surface area contributed by atoms with E-state index in [0.29, 0.717) is 18.7 Å². The molecule has 9 heteroatoms. The minimum absolute atomic E-state index is 0.0452. The summed E-state index contributed by atoms with van der Waals surface area (Å²) in [7, 11) is 0. The Morgan fingerprint density at radius 2 is 2.03 bits per heavy atom. The van der Waals surface area contributed by atoms with Crippen molar-refractivity contribution < 1.29 is 18.8 Å². The zero-order chi connectivity index (χ0) is 20.9. The van der Waals surface area contributed by atoms with E-state index in [2.05, 4.69) is 15.6 Å². The smallest absolute Gasteiger partial charge is 0.325 e. The van der Waals surface area contributed by atoms with Gasteiger partial charge in [0.05, 0.1) is 29.9 Å². The Labute approximate surface area is 176 Å². The van der Waals surface area contributed by atoms with Crippen LogP contribution in [0.2, 0.25) is 0 Å². The molecular weight excluding hydrogens is 404 g/mol. The van der Waals surface area contributed by atoms with Crippen molar-refractivity contribution in [2.75, 3.05) is 6.54 Å². The molecule has 30 heavy (non-hydrogen) atoms. The van der Waals surface area contributed by atoms with Gasteiger partial charge in [0, 0.05) is 23.9 Å². The number of imide groups is 1. The van der Waals surface area contributed by atoms with E-state index < -0.39 is 18.0 Å². The van der Waals surface area contributed by atoms with Gasteiger partial charge in [-0.15, -0.1) is 11.3 Å². The van der Waals surface area contributed by atoms with E-state index in [1.807, 2.05) is 35.7 Å². The van der Waals surface area contributed by atoms with E-state index >= 15 is 0 Å². The fourth-order valence-electron chi connectivity index (χ4n) is 3.16. The Bertz CT molecular complexity index is 1030. The normalized spacial score (nSPS) is 16.0. The Kier molecular flexibility index (Phi) is 5.89. The van der Waals surface area contributed by atoms with Crippen LogP contribution in [0.15, 0.2) is 58.5 Å². The maximum atomic E-state index is 12.4. The third kappa shape index (κ3) is 4.57. The van der Waals surface area contributed by atoms with E-state index in [4.69, 9.17) is 4.42 Å². The number of rotatable bonds is 8. The number of aromatic nitrogens is 1. The molecule has 1 aliphatic heterocycles. The van der Waals surface area contributed by atoms with Gasteiger partial charge in [-0.3, -0.25) is 14.5 Å². The van der Waals surface area contributed by atoms with E-state index in [1.54, 1.807) is 23.5 Å². The molecule has 4 amide bonds. The van der Waals surface area contributed by atoms with Gasteiger partial charge in [-0.1, -0.05) is 30.3 Å². The van der Waals surface area contributed by atoms with Crippen molar-refractivity contribution in [2.45, 2.75) is 25.4 Å². The Morgan fingerprint density at radius 1 is 1.20 bits per heavy atom. The Morgan fingerprint density at radius 3 is 2.80 bits per heavy atom. The molecule has 1 aromatic carbocycles. The second kappa shape index (κ2) is 8.91. The number of carbonyl (C=O) groups excluding carboxylic acids is 3. The third-order valence-corrected chi connectivity index (χ3v) is 5.58. The molecule has 0 saturated carbocycles. The molecule has 2 aromatic heterocycles. The minimum Gasteiger partial charge on any atom is -0.467 e. The van der Waals surface area contributed by atoms with Gasteiger partial charge < -0.3 is 15.1 Å². The number of nitrogens with one attached hydrogen (secondary N) is 2. The van der Waals surface area contributed by atoms with Crippen LogP contribution in [0.4, 0.5) is 4.79 Å². The van der Waals surface area contributed by atoms with Crippen molar-refractivity contribution in [3.8, 4) is 11.3 Å². The maximum absolute atomic E-state index is 12.4. The molecule has 0 bridgehead atoms. The predicted octanol–water partition coefficient (Wildman–Crippen LogP) is 2.57. The molecule has 3 heterocycles. The summed E-state index contributed by atoms with van der Waals surface area (Å²) in [6.45, 7) is 0.453. The van der Waals surface area contributed by atoms with Crippen LogP contribution in [0, 0.1) is 0 Å². The van der Waals surface area contributed by atoms with E-state index in [-0.39, 0.29) is 18.9 Å². The molecule has 154 valence electrons. The van der Waals surface area contributed by atoms with Gasteiger partial charge in [0.1, 0.15) is 11.8 Å². The van der Waals surface area contributed by atoms with E-state index in [1.165, 1.54) is 6.26 Å². The predicted molar refractivity (Wildman–Crippen MR) is 110 cm³/mol. The number of benzene rings is 1. The van der Waals surface area contributed by atoms with E-state index in [0.717, 1.165) is 21.2 Å². The zero-order valence-corrected chi connectivity index (χ0v) is 16.9. The molecule has 0 unspecified atom stereocenters. The molecule has 0 spiro atoms. The number of hydrogen-bond acceptors (Lipinski definition) is 6. The first kappa shape index (κ1) is 19.8. The molecule has 3 aromatic rings. The average molecular weight is 424 g/mol. The number of furan rings is 1. The quantitative estimate of drug-likeness (QED) is 0.541. The monoisotopic (exact) mass is 424 g/mol. The van der Waals surface area contributed by atoms with Crippen LogP contribution >= 0.6 is 11.3 Å². The van der Waals surface area contributed by atoms with Crippen LogP contribution < -0.4 is 10.6 Å². The number of nitrogens with zero attached hydrogens (tertiary/aromatic N) is 2. The summed E-state index contributed by atoms with van der Waals surface area (Å²) in [6, 6.07) is 11.9. The van der Waals surface area contributed by atoms with Crippen LogP contribution in [-0.2, 0) is 22.6 Å². The van der Waals surface area contributed by atoms with Gasteiger partial charge in [0.15, 0.2) is 0 Å². The van der Waals surface area contributed by atoms with Gasteiger partial charge >= 0.3 is 6.03 Å². The lowest BCUT2D eigenvalue weighted by molar-refractivity contribution is -0.131. The standard InChI is InChI=1S/C21H20N4O4S/c26-18(11-16-20(27)25(21(28)24-16)12-15-7-4-10-29-15)22-9-8-19-23-17(13-30-19)14-5-2-1-3-6-14/h1-7,10,13,16H,8-9,11-12H2,(H,22,26)(H,24,28)/t16-/m0/s1. The molecule has 4 rings (SSSR count). The van der Waals surface area contributed by atoms with Crippen LogP contribution in [-0.4, -0.2) is 40.3 Å². The van der Waals surface area contributed by atoms with Gasteiger partial charge in [-0.2, -0.15) is 0 Å². The van der Waals surface area contributed by atoms with Crippen molar-refractivity contribution in [3.05, 3.63) is 64.9 Å². The van der Waals surface area contributed by atoms with Gasteiger partial charge in [-0.05, 0) is 12.1 Å². The van der Waals surface area contributed by atoms with Gasteiger partial charge in [-0.25, -0.2) is 9.78 Å². The molecule has 1 saturated heterocycles. The van der Waals surface area contributed by atoms with Crippen LogP contribution in [0.3, 0.4) is 0 Å². The number of urea groups is 1. The molecule has 1 aliphatic rings. The Hall–Kier alpha value is -3.46. The van der Waals surface area contributed by atoms with Crippen molar-refractivity contribution in [3.63, 3.8) is 0 Å². The Balaban J connectivity index is 1.24. The first-order chi connectivity index (χ1) is 14.6. The van der Waals surface area contributed by atoms with E-state index in [9.17, 15) is 14.4 Å². The highest BCUT2D eigenvalue weighted by atomic mass is 32.1. The number of amides is 4. The summed E-state index contributed by atoms with van der Waals surface area (Å²) in [5, 5.41) is 8.25. The summed E-state index contributed by atoms with van der Waals surface area (Å²) in [5.74, 6) is -0.228. The van der Waals surface area contributed by atoms with Crippen molar-refractivity contribution in [2.24, 2.45) is 0 Å². The SMILES string of the molecule is O=C(C[C@@H]1NC(=O)N(Cc2ccco2)C1=O)NCCc1nc(-c2ccccc2)cs1. The maximum Gasteiger partial charge on any atom is 0.325 e. The molecule has 8 nitrogen and oxygen atoms in total. The summed E-state index contributed by atoms with van der Waals surface area (Å²) < 4.78 is 5.18. The summed E-state index contributed by atoms with van der Waals surface area (Å²) in [5.41, 5.74) is 1.97. The fourth-order valence-corrected chi connectivity index (χ4v) is 3.96. The molecule has 1 fully saturated rings. The van der Waals surface area contributed by atoms with Crippen LogP contribution in [0.5, 0.6) is 0 Å². The number of thiazole rings is 1. The highest BCUT2D eigenvalue weighted by Gasteiger charge is 2.39. The fraction of sp³-hybridized carbons (Fsp3) is 0.238. The van der Waals surface area contributed by atoms with Gasteiger partial charge in [0.25, 0.3) is 5.91 Å². The van der Waals surface area contributed by atoms with Crippen LogP contribution in [0.1, 0.15) is 17.2 Å². The third-order valence-electron chi connectivity index (χ3n) is 4.67. The summed E-state index contributed by atoms with van der Waals surface area (Å²) in [6.07, 6.45) is 1.97. The lowest BCUT2D eigenvalue weighted by Crippen LogP contribution is -2.37. The second-order valence-electron chi connectivity index (χ2n) is 6.80. The average Bonchev–Trinajstić information content (AvgIpc) is 3.48. The lowest BCUT2D eigenvalue weighted by atomic mass is 10.2. The minimum atomic E-state index is -0.864. The largest absolute Gasteiger partial charge is 0.467 e. The number of carbonyl (C=O) groups is 3. The summed E-state index contributed by atoms with van der Waals surface area (Å²) >= 11 is 1.54. The highest BCUT2D eigenvalue weighted by Crippen LogP contribution is 2.21. The number of hydrogen-bond donors (Lipinski definition) is 2. The van der Waals surface area contributed by atoms with Crippen LogP contribution in [0.25, 0.3) is 11.3 Å². The van der Waals surface area contributed by atoms with Crippen molar-refractivity contribution in [1.82, 2.24) is 20.5 Å². The van der Waals surface area contributed by atoms with Gasteiger partial charge in [0.2, 0.25) is 5.91 Å². The first-order valence-corrected chi connectivity index (χ1v) is 10.4. The molecule has 0 radical (unpaired) electrons. The molecular formula is C21H20N4O4S. The first-order valence-electron chi connectivity index (χ1n) is 9.51. The van der Waals surface area contributed by atoms with Crippen molar-refractivity contribution in [1.29, 1.82) is 0 Å². The topological polar surface area (TPSA) is 105 Å². The summed E-state index contributed by atoms with van der Waals surface area (Å²) in [4.78, 5) is 42.3. The molecule has 2 N–H and O–H groups in total. The highest BCUT2D eigenvalue weighted by molar-refractivity contribution is 7.09. The van der Waals surface area contributed by atoms with Crippen molar-refractivity contribution >= 4 is 29.2 Å². The molecule has 0 aliphatic carbocycles. The second-order valence-corrected chi connectivity index (χ2v) is 7.75. The lowest BCUT2D eigenvalue weighted by Gasteiger charge is -2.11. The zero-order valence-electron chi connectivity index (χ0n) is 16.0.